The Bertz CT molecular complexity index is 1420. The molecule has 37 heavy (non-hydrogen) atoms. The Morgan fingerprint density at radius 1 is 1.05 bits per heavy atom. The Hall–Kier alpha value is -3.94. The minimum absolute atomic E-state index is 0.0163. The summed E-state index contributed by atoms with van der Waals surface area (Å²) < 4.78 is 54.0. The second-order valence-electron chi connectivity index (χ2n) is 9.09. The molecule has 1 atom stereocenters. The summed E-state index contributed by atoms with van der Waals surface area (Å²) in [6.45, 7) is 2.49. The average molecular weight is 506 g/mol. The van der Waals surface area contributed by atoms with Crippen molar-refractivity contribution in [3.63, 3.8) is 0 Å². The van der Waals surface area contributed by atoms with Gasteiger partial charge in [-0.3, -0.25) is 4.99 Å². The number of amidine groups is 1. The molecular weight excluding hydrogens is 479 g/mol. The molecule has 2 aromatic rings. The molecule has 3 aliphatic heterocycles. The van der Waals surface area contributed by atoms with Crippen LogP contribution in [-0.2, 0) is 4.74 Å². The Balaban J connectivity index is 1.36. The summed E-state index contributed by atoms with van der Waals surface area (Å²) >= 11 is 0. The van der Waals surface area contributed by atoms with E-state index in [1.807, 2.05) is 19.1 Å². The second-order valence-corrected chi connectivity index (χ2v) is 9.09. The number of benzene rings is 2. The molecule has 2 aromatic carbocycles. The molecule has 0 bridgehead atoms. The number of halogens is 3. The zero-order valence-electron chi connectivity index (χ0n) is 20.6. The van der Waals surface area contributed by atoms with Gasteiger partial charge in [-0.2, -0.15) is 0 Å². The van der Waals surface area contributed by atoms with E-state index >= 15 is 0 Å². The van der Waals surface area contributed by atoms with E-state index in [1.165, 1.54) is 25.3 Å². The first-order valence-corrected chi connectivity index (χ1v) is 12.2. The number of aliphatic imine (C=N–C) groups is 3. The minimum Gasteiger partial charge on any atom is -0.498 e. The largest absolute Gasteiger partial charge is 0.498 e. The number of ether oxygens (including phenoxy) is 2. The van der Waals surface area contributed by atoms with Gasteiger partial charge in [-0.05, 0) is 55.7 Å². The van der Waals surface area contributed by atoms with Gasteiger partial charge < -0.3 is 9.47 Å². The molecule has 1 unspecified atom stereocenters. The third-order valence-electron chi connectivity index (χ3n) is 6.59. The zero-order valence-corrected chi connectivity index (χ0v) is 20.6. The summed E-state index contributed by atoms with van der Waals surface area (Å²) in [5.74, 6) is -0.932. The van der Waals surface area contributed by atoms with Gasteiger partial charge in [-0.1, -0.05) is 17.7 Å². The van der Waals surface area contributed by atoms with Crippen molar-refractivity contribution in [2.24, 2.45) is 15.0 Å². The highest BCUT2D eigenvalue weighted by Gasteiger charge is 2.23. The summed E-state index contributed by atoms with van der Waals surface area (Å²) in [6, 6.07) is 8.70. The fourth-order valence-corrected chi connectivity index (χ4v) is 4.52. The van der Waals surface area contributed by atoms with Gasteiger partial charge in [0.1, 0.15) is 17.3 Å². The molecule has 0 spiro atoms. The lowest BCUT2D eigenvalue weighted by atomic mass is 9.96. The van der Waals surface area contributed by atoms with E-state index in [4.69, 9.17) is 14.5 Å². The van der Waals surface area contributed by atoms with Crippen molar-refractivity contribution >= 4 is 23.3 Å². The van der Waals surface area contributed by atoms with Crippen LogP contribution in [0.25, 0.3) is 5.57 Å². The van der Waals surface area contributed by atoms with Gasteiger partial charge in [0.25, 0.3) is 0 Å². The number of nitrogens with zero attached hydrogens (tertiary/aromatic N) is 3. The van der Waals surface area contributed by atoms with Gasteiger partial charge >= 0.3 is 0 Å². The van der Waals surface area contributed by atoms with Crippen LogP contribution in [0.15, 0.2) is 80.6 Å². The maximum absolute atomic E-state index is 14.9. The predicted octanol–water partition coefficient (Wildman–Crippen LogP) is 6.60. The number of rotatable bonds is 5. The van der Waals surface area contributed by atoms with Crippen molar-refractivity contribution < 1.29 is 22.6 Å². The molecule has 0 aromatic heterocycles. The smallest absolute Gasteiger partial charge is 0.169 e. The summed E-state index contributed by atoms with van der Waals surface area (Å²) in [7, 11) is 1.51. The molecule has 0 amide bonds. The molecule has 3 aliphatic rings. The first kappa shape index (κ1) is 24.7. The second kappa shape index (κ2) is 10.6. The van der Waals surface area contributed by atoms with Crippen LogP contribution in [0.2, 0.25) is 0 Å². The van der Waals surface area contributed by atoms with E-state index in [0.717, 1.165) is 29.4 Å². The molecule has 0 fully saturated rings. The Kier molecular flexibility index (Phi) is 7.08. The van der Waals surface area contributed by atoms with Crippen molar-refractivity contribution in [3.05, 3.63) is 94.2 Å². The molecule has 3 heterocycles. The Morgan fingerprint density at radius 2 is 1.92 bits per heavy atom. The van der Waals surface area contributed by atoms with Crippen LogP contribution in [0.1, 0.15) is 43.7 Å². The van der Waals surface area contributed by atoms with Crippen molar-refractivity contribution in [1.82, 2.24) is 0 Å². The quantitative estimate of drug-likeness (QED) is 0.460. The molecule has 8 heteroatoms. The lowest BCUT2D eigenvalue weighted by molar-refractivity contribution is 0.203. The molecule has 190 valence electrons. The van der Waals surface area contributed by atoms with Crippen molar-refractivity contribution in [2.75, 3.05) is 13.7 Å². The summed E-state index contributed by atoms with van der Waals surface area (Å²) in [6.07, 6.45) is 8.12. The van der Waals surface area contributed by atoms with Crippen LogP contribution in [0.3, 0.4) is 0 Å². The van der Waals surface area contributed by atoms with Gasteiger partial charge in [0.2, 0.25) is 0 Å². The number of hydrogen-bond acceptors (Lipinski definition) is 5. The van der Waals surface area contributed by atoms with Crippen molar-refractivity contribution in [2.45, 2.75) is 38.6 Å². The summed E-state index contributed by atoms with van der Waals surface area (Å²) in [5, 5.41) is 0. The highest BCUT2D eigenvalue weighted by atomic mass is 19.2. The van der Waals surface area contributed by atoms with Crippen LogP contribution < -0.4 is 4.74 Å². The first-order chi connectivity index (χ1) is 17.9. The highest BCUT2D eigenvalue weighted by Crippen LogP contribution is 2.32. The van der Waals surface area contributed by atoms with E-state index in [9.17, 15) is 13.2 Å². The van der Waals surface area contributed by atoms with E-state index in [1.54, 1.807) is 18.3 Å². The van der Waals surface area contributed by atoms with Gasteiger partial charge in [0.15, 0.2) is 17.5 Å². The highest BCUT2D eigenvalue weighted by molar-refractivity contribution is 6.43. The van der Waals surface area contributed by atoms with Crippen LogP contribution >= 0.6 is 0 Å². The van der Waals surface area contributed by atoms with Crippen LogP contribution in [0.4, 0.5) is 13.2 Å². The third kappa shape index (κ3) is 5.28. The monoisotopic (exact) mass is 505 g/mol. The lowest BCUT2D eigenvalue weighted by Gasteiger charge is -2.16. The molecule has 5 rings (SSSR count). The minimum atomic E-state index is -0.972. The molecule has 0 N–H and O–H groups in total. The molecular formula is C29H26F3N3O2. The zero-order chi connectivity index (χ0) is 25.9. The van der Waals surface area contributed by atoms with Crippen LogP contribution in [-0.4, -0.2) is 37.5 Å². The Morgan fingerprint density at radius 3 is 2.73 bits per heavy atom. The molecule has 0 aliphatic carbocycles. The Labute approximate surface area is 213 Å². The van der Waals surface area contributed by atoms with E-state index < -0.39 is 11.6 Å². The number of allylic oxidation sites excluding steroid dienone is 4. The molecule has 0 radical (unpaired) electrons. The predicted molar refractivity (Wildman–Crippen MR) is 139 cm³/mol. The van der Waals surface area contributed by atoms with Crippen LogP contribution in [0.5, 0.6) is 5.75 Å². The summed E-state index contributed by atoms with van der Waals surface area (Å²) in [4.78, 5) is 13.5. The van der Waals surface area contributed by atoms with E-state index in [0.29, 0.717) is 48.6 Å². The molecule has 0 saturated heterocycles. The fourth-order valence-electron chi connectivity index (χ4n) is 4.52. The maximum Gasteiger partial charge on any atom is 0.169 e. The van der Waals surface area contributed by atoms with E-state index in [2.05, 4.69) is 9.98 Å². The number of methoxy groups -OCH3 is 1. The number of fused-ring (bicyclic) bond motifs is 1. The van der Waals surface area contributed by atoms with Crippen LogP contribution in [0, 0.1) is 17.5 Å². The van der Waals surface area contributed by atoms with Crippen molar-refractivity contribution in [3.8, 4) is 5.75 Å². The first-order valence-electron chi connectivity index (χ1n) is 12.2. The third-order valence-corrected chi connectivity index (χ3v) is 6.59. The van der Waals surface area contributed by atoms with Gasteiger partial charge in [0.05, 0.1) is 36.8 Å². The normalized spacial score (nSPS) is 19.5. The number of hydrogen-bond donors (Lipinski definition) is 0. The lowest BCUT2D eigenvalue weighted by Crippen LogP contribution is -2.13. The van der Waals surface area contributed by atoms with Gasteiger partial charge in [-0.25, -0.2) is 23.2 Å². The van der Waals surface area contributed by atoms with Gasteiger partial charge in [-0.15, -0.1) is 0 Å². The average Bonchev–Trinajstić information content (AvgIpc) is 3.17. The van der Waals surface area contributed by atoms with Crippen molar-refractivity contribution in [1.29, 1.82) is 0 Å². The maximum atomic E-state index is 14.9. The van der Waals surface area contributed by atoms with Gasteiger partial charge in [0, 0.05) is 30.7 Å². The topological polar surface area (TPSA) is 55.5 Å². The fraction of sp³-hybridized carbons (Fsp3) is 0.276. The van der Waals surface area contributed by atoms with E-state index in [-0.39, 0.29) is 23.3 Å². The summed E-state index contributed by atoms with van der Waals surface area (Å²) in [5.41, 5.74) is 3.48. The molecule has 0 saturated carbocycles. The molecule has 5 nitrogen and oxygen atoms in total. The SMILES string of the molecule is COc1ccc(C2=C(C)CCOC(CC3CCC=C4N=C(c5cccc(F)c5F)N=C4C=N3)=C2)c(F)c1. The standard InChI is InChI=1S/C29H26F3N3O2/c1-17-11-12-37-20(14-23(17)21-10-9-19(36-2)15-25(21)31)13-18-5-3-8-26-27(16-33-18)35-29(34-26)22-6-4-7-24(30)28(22)32/h4,6-10,14-16,18H,3,5,11-13H2,1-2H3.